The molecule has 0 unspecified atom stereocenters. The maximum atomic E-state index is 12.4. The fourth-order valence-electron chi connectivity index (χ4n) is 2.61. The number of nitrogens with two attached hydrogens (primary N) is 1. The lowest BCUT2D eigenvalue weighted by Gasteiger charge is -2.09. The zero-order valence-corrected chi connectivity index (χ0v) is 14.8. The van der Waals surface area contributed by atoms with Crippen molar-refractivity contribution in [2.24, 2.45) is 0 Å². The normalized spacial score (nSPS) is 10.7. The number of carbonyl (C=O) groups excluding carboxylic acids is 1. The second-order valence-corrected chi connectivity index (χ2v) is 5.97. The van der Waals surface area contributed by atoms with Crippen LogP contribution in [0.15, 0.2) is 60.9 Å². The number of rotatable bonds is 8. The Morgan fingerprint density at radius 2 is 1.93 bits per heavy atom. The summed E-state index contributed by atoms with van der Waals surface area (Å²) in [6.45, 7) is -2.41. The van der Waals surface area contributed by atoms with E-state index < -0.39 is 6.61 Å². The van der Waals surface area contributed by atoms with Crippen LogP contribution >= 0.6 is 0 Å². The molecular formula is C20H18F2N4O2. The third-order valence-corrected chi connectivity index (χ3v) is 3.92. The van der Waals surface area contributed by atoms with Crippen LogP contribution in [0.1, 0.15) is 21.6 Å². The van der Waals surface area contributed by atoms with E-state index in [0.717, 1.165) is 23.0 Å². The van der Waals surface area contributed by atoms with E-state index in [1.165, 1.54) is 12.1 Å². The van der Waals surface area contributed by atoms with Crippen molar-refractivity contribution in [2.75, 3.05) is 11.1 Å². The Bertz CT molecular complexity index is 949. The van der Waals surface area contributed by atoms with Crippen molar-refractivity contribution in [1.29, 1.82) is 0 Å². The SMILES string of the molecule is Nc1ncccc1NCc1cccc(CC(=O)c2ccc(OC(F)F)cn2)c1. The van der Waals surface area contributed by atoms with Gasteiger partial charge in [0.15, 0.2) is 5.78 Å². The average Bonchev–Trinajstić information content (AvgIpc) is 2.68. The summed E-state index contributed by atoms with van der Waals surface area (Å²) in [6, 6.07) is 13.8. The number of carbonyl (C=O) groups is 1. The minimum absolute atomic E-state index is 0.0886. The van der Waals surface area contributed by atoms with E-state index in [2.05, 4.69) is 20.0 Å². The molecule has 0 aliphatic carbocycles. The molecule has 3 rings (SSSR count). The van der Waals surface area contributed by atoms with E-state index in [-0.39, 0.29) is 23.6 Å². The minimum Gasteiger partial charge on any atom is -0.433 e. The maximum absolute atomic E-state index is 12.4. The number of hydrogen-bond acceptors (Lipinski definition) is 6. The van der Waals surface area contributed by atoms with Crippen LogP contribution in [0.2, 0.25) is 0 Å². The first-order valence-electron chi connectivity index (χ1n) is 8.47. The second kappa shape index (κ2) is 8.90. The minimum atomic E-state index is -2.93. The molecule has 2 heterocycles. The zero-order chi connectivity index (χ0) is 19.9. The number of nitrogens with one attached hydrogen (secondary N) is 1. The largest absolute Gasteiger partial charge is 0.433 e. The number of halogens is 2. The molecule has 0 fully saturated rings. The summed E-state index contributed by atoms with van der Waals surface area (Å²) in [5, 5.41) is 3.20. The third-order valence-electron chi connectivity index (χ3n) is 3.92. The Labute approximate surface area is 160 Å². The first-order valence-corrected chi connectivity index (χ1v) is 8.47. The monoisotopic (exact) mass is 384 g/mol. The van der Waals surface area contributed by atoms with Gasteiger partial charge in [0.25, 0.3) is 0 Å². The van der Waals surface area contributed by atoms with Crippen molar-refractivity contribution in [2.45, 2.75) is 19.6 Å². The number of anilines is 2. The molecule has 0 atom stereocenters. The van der Waals surface area contributed by atoms with E-state index in [1.54, 1.807) is 12.3 Å². The molecule has 0 aliphatic heterocycles. The molecule has 0 saturated carbocycles. The fraction of sp³-hybridized carbons (Fsp3) is 0.150. The number of benzene rings is 1. The van der Waals surface area contributed by atoms with Crippen LogP contribution in [0.25, 0.3) is 0 Å². The number of hydrogen-bond donors (Lipinski definition) is 2. The maximum Gasteiger partial charge on any atom is 0.387 e. The van der Waals surface area contributed by atoms with Crippen LogP contribution in [-0.2, 0) is 13.0 Å². The molecule has 0 saturated heterocycles. The summed E-state index contributed by atoms with van der Waals surface area (Å²) >= 11 is 0. The molecular weight excluding hydrogens is 366 g/mol. The van der Waals surface area contributed by atoms with Crippen molar-refractivity contribution < 1.29 is 18.3 Å². The lowest BCUT2D eigenvalue weighted by Crippen LogP contribution is -2.08. The number of Topliss-reactive ketones (excluding diaryl/α,β-unsaturated/α-hetero) is 1. The summed E-state index contributed by atoms with van der Waals surface area (Å²) in [6.07, 6.45) is 2.87. The molecule has 144 valence electrons. The molecule has 3 aromatic rings. The van der Waals surface area contributed by atoms with E-state index >= 15 is 0 Å². The molecule has 8 heteroatoms. The molecule has 0 radical (unpaired) electrons. The molecule has 0 aliphatic rings. The van der Waals surface area contributed by atoms with Crippen LogP contribution < -0.4 is 15.8 Å². The number of nitrogens with zero attached hydrogens (tertiary/aromatic N) is 2. The van der Waals surface area contributed by atoms with Crippen molar-refractivity contribution >= 4 is 17.3 Å². The van der Waals surface area contributed by atoms with Gasteiger partial charge in [0.05, 0.1) is 11.9 Å². The Morgan fingerprint density at radius 3 is 2.64 bits per heavy atom. The van der Waals surface area contributed by atoms with Gasteiger partial charge in [-0.1, -0.05) is 24.3 Å². The Balaban J connectivity index is 1.62. The summed E-state index contributed by atoms with van der Waals surface area (Å²) in [7, 11) is 0. The van der Waals surface area contributed by atoms with E-state index in [9.17, 15) is 13.6 Å². The Hall–Kier alpha value is -3.55. The number of nitrogen functional groups attached to an aromatic ring is 1. The topological polar surface area (TPSA) is 90.1 Å². The van der Waals surface area contributed by atoms with Crippen LogP contribution in [0.3, 0.4) is 0 Å². The van der Waals surface area contributed by atoms with Gasteiger partial charge in [0.1, 0.15) is 17.3 Å². The number of aromatic nitrogens is 2. The van der Waals surface area contributed by atoms with Gasteiger partial charge in [-0.3, -0.25) is 4.79 Å². The van der Waals surface area contributed by atoms with Gasteiger partial charge in [0, 0.05) is 19.2 Å². The molecule has 1 aromatic carbocycles. The molecule has 28 heavy (non-hydrogen) atoms. The van der Waals surface area contributed by atoms with Crippen LogP contribution in [0, 0.1) is 0 Å². The van der Waals surface area contributed by atoms with Crippen molar-refractivity contribution in [3.8, 4) is 5.75 Å². The fourth-order valence-corrected chi connectivity index (χ4v) is 2.61. The highest BCUT2D eigenvalue weighted by Crippen LogP contribution is 2.17. The molecule has 3 N–H and O–H groups in total. The highest BCUT2D eigenvalue weighted by atomic mass is 19.3. The van der Waals surface area contributed by atoms with Crippen LogP contribution in [-0.4, -0.2) is 22.4 Å². The molecule has 0 amide bonds. The average molecular weight is 384 g/mol. The third kappa shape index (κ3) is 5.23. The number of pyridine rings is 2. The highest BCUT2D eigenvalue weighted by Gasteiger charge is 2.11. The smallest absolute Gasteiger partial charge is 0.387 e. The predicted octanol–water partition coefficient (Wildman–Crippen LogP) is 3.70. The van der Waals surface area contributed by atoms with Crippen LogP contribution in [0.4, 0.5) is 20.3 Å². The lowest BCUT2D eigenvalue weighted by atomic mass is 10.0. The summed E-state index contributed by atoms with van der Waals surface area (Å²) in [5.41, 5.74) is 8.52. The number of ether oxygens (including phenoxy) is 1. The summed E-state index contributed by atoms with van der Waals surface area (Å²) < 4.78 is 28.6. The Morgan fingerprint density at radius 1 is 1.11 bits per heavy atom. The molecule has 2 aromatic heterocycles. The van der Waals surface area contributed by atoms with Gasteiger partial charge in [0.2, 0.25) is 0 Å². The van der Waals surface area contributed by atoms with Gasteiger partial charge < -0.3 is 15.8 Å². The number of alkyl halides is 2. The van der Waals surface area contributed by atoms with Gasteiger partial charge in [-0.15, -0.1) is 0 Å². The van der Waals surface area contributed by atoms with Gasteiger partial charge in [-0.05, 0) is 35.4 Å². The molecule has 0 spiro atoms. The van der Waals surface area contributed by atoms with Crippen molar-refractivity contribution in [3.63, 3.8) is 0 Å². The molecule has 6 nitrogen and oxygen atoms in total. The van der Waals surface area contributed by atoms with Gasteiger partial charge >= 0.3 is 6.61 Å². The van der Waals surface area contributed by atoms with Crippen LogP contribution in [0.5, 0.6) is 5.75 Å². The lowest BCUT2D eigenvalue weighted by molar-refractivity contribution is -0.0500. The van der Waals surface area contributed by atoms with Gasteiger partial charge in [-0.2, -0.15) is 8.78 Å². The first-order chi connectivity index (χ1) is 13.5. The van der Waals surface area contributed by atoms with E-state index in [1.807, 2.05) is 30.3 Å². The van der Waals surface area contributed by atoms with E-state index in [4.69, 9.17) is 5.73 Å². The van der Waals surface area contributed by atoms with Crippen molar-refractivity contribution in [1.82, 2.24) is 9.97 Å². The number of ketones is 1. The highest BCUT2D eigenvalue weighted by molar-refractivity contribution is 5.95. The summed E-state index contributed by atoms with van der Waals surface area (Å²) in [5.74, 6) is 0.110. The van der Waals surface area contributed by atoms with Crippen molar-refractivity contribution in [3.05, 3.63) is 77.7 Å². The predicted molar refractivity (Wildman–Crippen MR) is 101 cm³/mol. The summed E-state index contributed by atoms with van der Waals surface area (Å²) in [4.78, 5) is 20.3. The zero-order valence-electron chi connectivity index (χ0n) is 14.8. The quantitative estimate of drug-likeness (QED) is 0.576. The standard InChI is InChI=1S/C20H18F2N4O2/c21-20(22)28-15-6-7-16(26-12-15)18(27)10-13-3-1-4-14(9-13)11-25-17-5-2-8-24-19(17)23/h1-9,12,20,25H,10-11H2,(H2,23,24). The van der Waals surface area contributed by atoms with E-state index in [0.29, 0.717) is 12.4 Å². The first kappa shape index (κ1) is 19.2. The van der Waals surface area contributed by atoms with Gasteiger partial charge in [-0.25, -0.2) is 9.97 Å². The Kier molecular flexibility index (Phi) is 6.11. The molecule has 0 bridgehead atoms. The second-order valence-electron chi connectivity index (χ2n) is 5.97.